The van der Waals surface area contributed by atoms with Crippen molar-refractivity contribution in [3.63, 3.8) is 0 Å². The van der Waals surface area contributed by atoms with Crippen molar-refractivity contribution in [2.24, 2.45) is 5.10 Å². The number of nitrogens with zero attached hydrogens (tertiary/aromatic N) is 5. The third kappa shape index (κ3) is 3.93. The van der Waals surface area contributed by atoms with Gasteiger partial charge in [0.15, 0.2) is 6.29 Å². The van der Waals surface area contributed by atoms with Crippen LogP contribution < -0.4 is 5.32 Å². The van der Waals surface area contributed by atoms with Crippen LogP contribution in [0.4, 0.5) is 4.79 Å². The zero-order chi connectivity index (χ0) is 22.3. The first kappa shape index (κ1) is 21.7. The molecule has 0 aliphatic carbocycles. The minimum atomic E-state index is -0.460. The Morgan fingerprint density at radius 1 is 1.23 bits per heavy atom. The molecular formula is C22H32N6O3. The maximum atomic E-state index is 13.6. The van der Waals surface area contributed by atoms with Crippen LogP contribution in [-0.2, 0) is 16.1 Å². The van der Waals surface area contributed by atoms with Gasteiger partial charge in [0, 0.05) is 25.9 Å². The van der Waals surface area contributed by atoms with E-state index in [0.717, 1.165) is 22.4 Å². The number of benzene rings is 1. The molecule has 1 aromatic carbocycles. The second-order valence-corrected chi connectivity index (χ2v) is 8.55. The second-order valence-electron chi connectivity index (χ2n) is 8.55. The van der Waals surface area contributed by atoms with Crippen LogP contribution in [0.15, 0.2) is 23.3 Å². The average Bonchev–Trinajstić information content (AvgIpc) is 3.12. The van der Waals surface area contributed by atoms with Gasteiger partial charge in [-0.2, -0.15) is 5.10 Å². The standard InChI is InChI=1S/C22H32N6O3/c1-6-31-10-9-28-21-23-19-18(26(21)12-16(4)24-28)20(29)27(22(30)25(19)5)13-17-11-14(2)7-8-15(17)3/h7-8,11,18-19,21,23H,6,9-10,12-13H2,1-5H3. The Kier molecular flexibility index (Phi) is 6.00. The molecule has 2 fully saturated rings. The van der Waals surface area contributed by atoms with Gasteiger partial charge in [-0.25, -0.2) is 9.69 Å². The van der Waals surface area contributed by atoms with Gasteiger partial charge in [0.25, 0.3) is 5.91 Å². The van der Waals surface area contributed by atoms with Crippen molar-refractivity contribution < 1.29 is 14.3 Å². The molecule has 0 radical (unpaired) electrons. The van der Waals surface area contributed by atoms with Gasteiger partial charge in [0.1, 0.15) is 12.2 Å². The molecule has 3 amide bonds. The summed E-state index contributed by atoms with van der Waals surface area (Å²) < 4.78 is 5.51. The summed E-state index contributed by atoms with van der Waals surface area (Å²) in [6.07, 6.45) is -0.644. The second kappa shape index (κ2) is 8.57. The molecular weight excluding hydrogens is 396 g/mol. The summed E-state index contributed by atoms with van der Waals surface area (Å²) in [5.74, 6) is -0.163. The van der Waals surface area contributed by atoms with E-state index in [-0.39, 0.29) is 24.8 Å². The zero-order valence-electron chi connectivity index (χ0n) is 19.0. The molecule has 3 aliphatic rings. The SMILES string of the molecule is CCOCCN1N=C(C)CN2C3C(=O)N(Cc4cc(C)ccc4C)C(=O)N(C)C3NC12. The van der Waals surface area contributed by atoms with Crippen LogP contribution in [-0.4, -0.2) is 89.2 Å². The summed E-state index contributed by atoms with van der Waals surface area (Å²) in [6.45, 7) is 10.6. The van der Waals surface area contributed by atoms with Gasteiger partial charge in [-0.1, -0.05) is 23.8 Å². The van der Waals surface area contributed by atoms with Gasteiger partial charge in [-0.05, 0) is 38.8 Å². The van der Waals surface area contributed by atoms with Crippen molar-refractivity contribution in [1.82, 2.24) is 25.0 Å². The lowest BCUT2D eigenvalue weighted by Gasteiger charge is -2.42. The van der Waals surface area contributed by atoms with Gasteiger partial charge in [0.05, 0.1) is 19.7 Å². The van der Waals surface area contributed by atoms with E-state index in [0.29, 0.717) is 26.3 Å². The molecule has 168 valence electrons. The summed E-state index contributed by atoms with van der Waals surface area (Å²) in [5, 5.41) is 10.0. The highest BCUT2D eigenvalue weighted by Crippen LogP contribution is 2.31. The van der Waals surface area contributed by atoms with E-state index < -0.39 is 12.2 Å². The van der Waals surface area contributed by atoms with Crippen molar-refractivity contribution >= 4 is 17.6 Å². The van der Waals surface area contributed by atoms with Gasteiger partial charge in [-0.15, -0.1) is 0 Å². The predicted octanol–water partition coefficient (Wildman–Crippen LogP) is 1.31. The molecule has 3 heterocycles. The first-order chi connectivity index (χ1) is 14.8. The molecule has 9 nitrogen and oxygen atoms in total. The van der Waals surface area contributed by atoms with Gasteiger partial charge < -0.3 is 9.64 Å². The number of carbonyl (C=O) groups excluding carboxylic acids is 2. The third-order valence-corrected chi connectivity index (χ3v) is 6.25. The minimum absolute atomic E-state index is 0.163. The third-order valence-electron chi connectivity index (χ3n) is 6.25. The van der Waals surface area contributed by atoms with E-state index in [9.17, 15) is 9.59 Å². The quantitative estimate of drug-likeness (QED) is 0.688. The molecule has 3 aliphatic heterocycles. The van der Waals surface area contributed by atoms with Crippen LogP contribution in [0.3, 0.4) is 0 Å². The van der Waals surface area contributed by atoms with Crippen molar-refractivity contribution in [2.75, 3.05) is 33.4 Å². The van der Waals surface area contributed by atoms with E-state index in [1.807, 2.05) is 50.9 Å². The molecule has 0 spiro atoms. The number of hydrogen-bond acceptors (Lipinski definition) is 7. The fourth-order valence-corrected chi connectivity index (χ4v) is 4.61. The van der Waals surface area contributed by atoms with Crippen LogP contribution >= 0.6 is 0 Å². The molecule has 9 heteroatoms. The Hall–Kier alpha value is -2.49. The number of imide groups is 1. The van der Waals surface area contributed by atoms with Crippen LogP contribution in [0.5, 0.6) is 0 Å². The summed E-state index contributed by atoms with van der Waals surface area (Å²) in [5.41, 5.74) is 4.11. The number of fused-ring (bicyclic) bond motifs is 3. The van der Waals surface area contributed by atoms with Crippen molar-refractivity contribution in [2.45, 2.75) is 52.7 Å². The molecule has 1 aromatic rings. The van der Waals surface area contributed by atoms with Crippen molar-refractivity contribution in [3.05, 3.63) is 34.9 Å². The molecule has 3 unspecified atom stereocenters. The fraction of sp³-hybridized carbons (Fsp3) is 0.591. The molecule has 31 heavy (non-hydrogen) atoms. The number of aryl methyl sites for hydroxylation is 2. The monoisotopic (exact) mass is 428 g/mol. The van der Waals surface area contributed by atoms with Crippen LogP contribution in [0.25, 0.3) is 0 Å². The lowest BCUT2D eigenvalue weighted by molar-refractivity contribution is -0.139. The van der Waals surface area contributed by atoms with Crippen LogP contribution in [0.2, 0.25) is 0 Å². The summed E-state index contributed by atoms with van der Waals surface area (Å²) in [6, 6.07) is 5.38. The fourth-order valence-electron chi connectivity index (χ4n) is 4.61. The number of carbonyl (C=O) groups is 2. The number of likely N-dealkylation sites (N-methyl/N-ethyl adjacent to an activating group) is 1. The Morgan fingerprint density at radius 2 is 2.00 bits per heavy atom. The topological polar surface area (TPSA) is 80.7 Å². The van der Waals surface area contributed by atoms with Crippen LogP contribution in [0, 0.1) is 13.8 Å². The normalized spacial score (nSPS) is 26.3. The molecule has 0 bridgehead atoms. The lowest BCUT2D eigenvalue weighted by atomic mass is 10.0. The van der Waals surface area contributed by atoms with Gasteiger partial charge in [-0.3, -0.25) is 20.0 Å². The van der Waals surface area contributed by atoms with Crippen LogP contribution in [0.1, 0.15) is 30.5 Å². The number of nitrogens with one attached hydrogen (secondary N) is 1. The number of ether oxygens (including phenoxy) is 1. The molecule has 0 aromatic heterocycles. The lowest BCUT2D eigenvalue weighted by Crippen LogP contribution is -2.66. The maximum Gasteiger partial charge on any atom is 0.328 e. The predicted molar refractivity (Wildman–Crippen MR) is 117 cm³/mol. The Morgan fingerprint density at radius 3 is 2.74 bits per heavy atom. The molecule has 4 rings (SSSR count). The first-order valence-corrected chi connectivity index (χ1v) is 10.9. The van der Waals surface area contributed by atoms with E-state index in [1.54, 1.807) is 11.9 Å². The minimum Gasteiger partial charge on any atom is -0.380 e. The number of rotatable bonds is 6. The highest BCUT2D eigenvalue weighted by molar-refractivity contribution is 6.01. The molecule has 0 saturated carbocycles. The molecule has 3 atom stereocenters. The summed E-state index contributed by atoms with van der Waals surface area (Å²) in [4.78, 5) is 31.9. The van der Waals surface area contributed by atoms with Crippen molar-refractivity contribution in [1.29, 1.82) is 0 Å². The number of urea groups is 1. The first-order valence-electron chi connectivity index (χ1n) is 10.9. The highest BCUT2D eigenvalue weighted by Gasteiger charge is 2.56. The summed E-state index contributed by atoms with van der Waals surface area (Å²) >= 11 is 0. The van der Waals surface area contributed by atoms with E-state index in [4.69, 9.17) is 4.74 Å². The zero-order valence-corrected chi connectivity index (χ0v) is 19.0. The largest absolute Gasteiger partial charge is 0.380 e. The number of amides is 3. The van der Waals surface area contributed by atoms with E-state index in [2.05, 4.69) is 15.3 Å². The smallest absolute Gasteiger partial charge is 0.328 e. The van der Waals surface area contributed by atoms with Gasteiger partial charge >= 0.3 is 6.03 Å². The Balaban J connectivity index is 1.59. The average molecular weight is 429 g/mol. The van der Waals surface area contributed by atoms with E-state index >= 15 is 0 Å². The summed E-state index contributed by atoms with van der Waals surface area (Å²) in [7, 11) is 1.76. The number of hydrazone groups is 1. The molecule has 1 N–H and O–H groups in total. The van der Waals surface area contributed by atoms with Crippen molar-refractivity contribution in [3.8, 4) is 0 Å². The Bertz CT molecular complexity index is 903. The maximum absolute atomic E-state index is 13.6. The highest BCUT2D eigenvalue weighted by atomic mass is 16.5. The number of hydrogen-bond donors (Lipinski definition) is 1. The van der Waals surface area contributed by atoms with E-state index in [1.165, 1.54) is 4.90 Å². The van der Waals surface area contributed by atoms with Gasteiger partial charge in [0.2, 0.25) is 0 Å². The Labute approximate surface area is 183 Å². The molecule has 2 saturated heterocycles.